The second-order valence-corrected chi connectivity index (χ2v) is 2.82. The third kappa shape index (κ3) is 5.13. The highest BCUT2D eigenvalue weighted by Gasteiger charge is 2.10. The van der Waals surface area contributed by atoms with Crippen molar-refractivity contribution in [2.45, 2.75) is 26.7 Å². The zero-order valence-electron chi connectivity index (χ0n) is 8.13. The van der Waals surface area contributed by atoms with Gasteiger partial charge in [-0.05, 0) is 6.42 Å². The Balaban J connectivity index is 3.31. The largest absolute Gasteiger partial charge is 0.465 e. The minimum atomic E-state index is -0.103. The summed E-state index contributed by atoms with van der Waals surface area (Å²) in [6.45, 7) is 4.96. The number of hydrogen-bond donors (Lipinski definition) is 0. The smallest absolute Gasteiger partial charge is 0.308 e. The Bertz CT molecular complexity index is 123. The molecule has 0 N–H and O–H groups in total. The minimum absolute atomic E-state index is 0.0209. The summed E-state index contributed by atoms with van der Waals surface area (Å²) >= 11 is 0. The highest BCUT2D eigenvalue weighted by atomic mass is 16.5. The molecule has 0 radical (unpaired) electrons. The third-order valence-electron chi connectivity index (χ3n) is 1.75. The summed E-state index contributed by atoms with van der Waals surface area (Å²) in [7, 11) is 1.64. The van der Waals surface area contributed by atoms with E-state index in [2.05, 4.69) is 0 Å². The topological polar surface area (TPSA) is 35.5 Å². The monoisotopic (exact) mass is 174 g/mol. The molecule has 0 aliphatic rings. The zero-order valence-corrected chi connectivity index (χ0v) is 8.13. The van der Waals surface area contributed by atoms with Crippen LogP contribution in [0.15, 0.2) is 0 Å². The number of methoxy groups -OCH3 is 1. The van der Waals surface area contributed by atoms with E-state index < -0.39 is 0 Å². The van der Waals surface area contributed by atoms with Crippen LogP contribution in [-0.2, 0) is 14.3 Å². The SMILES string of the molecule is CCC(C)C(=O)OCCCOC. The fraction of sp³-hybridized carbons (Fsp3) is 0.889. The van der Waals surface area contributed by atoms with Crippen molar-refractivity contribution < 1.29 is 14.3 Å². The van der Waals surface area contributed by atoms with Crippen LogP contribution >= 0.6 is 0 Å². The highest BCUT2D eigenvalue weighted by molar-refractivity contribution is 5.71. The van der Waals surface area contributed by atoms with Gasteiger partial charge in [0.2, 0.25) is 0 Å². The van der Waals surface area contributed by atoms with Crippen LogP contribution < -0.4 is 0 Å². The van der Waals surface area contributed by atoms with Gasteiger partial charge in [-0.25, -0.2) is 0 Å². The summed E-state index contributed by atoms with van der Waals surface area (Å²) in [5.41, 5.74) is 0. The first-order chi connectivity index (χ1) is 5.72. The van der Waals surface area contributed by atoms with Crippen LogP contribution in [0.25, 0.3) is 0 Å². The summed E-state index contributed by atoms with van der Waals surface area (Å²) in [5.74, 6) is -0.0823. The van der Waals surface area contributed by atoms with Crippen molar-refractivity contribution in [3.05, 3.63) is 0 Å². The van der Waals surface area contributed by atoms with Gasteiger partial charge >= 0.3 is 5.97 Å². The number of esters is 1. The Kier molecular flexibility index (Phi) is 6.76. The van der Waals surface area contributed by atoms with Gasteiger partial charge in [-0.1, -0.05) is 13.8 Å². The number of rotatable bonds is 6. The lowest BCUT2D eigenvalue weighted by atomic mass is 10.1. The molecule has 0 bridgehead atoms. The Morgan fingerprint density at radius 1 is 1.42 bits per heavy atom. The van der Waals surface area contributed by atoms with E-state index >= 15 is 0 Å². The van der Waals surface area contributed by atoms with Crippen molar-refractivity contribution >= 4 is 5.97 Å². The lowest BCUT2D eigenvalue weighted by Gasteiger charge is -2.08. The lowest BCUT2D eigenvalue weighted by Crippen LogP contribution is -2.15. The van der Waals surface area contributed by atoms with Gasteiger partial charge in [0.1, 0.15) is 0 Å². The predicted octanol–water partition coefficient (Wildman–Crippen LogP) is 1.61. The number of carbonyl (C=O) groups excluding carboxylic acids is 1. The zero-order chi connectivity index (χ0) is 9.40. The van der Waals surface area contributed by atoms with Gasteiger partial charge in [-0.15, -0.1) is 0 Å². The van der Waals surface area contributed by atoms with Gasteiger partial charge in [0, 0.05) is 20.1 Å². The number of carbonyl (C=O) groups is 1. The van der Waals surface area contributed by atoms with Gasteiger partial charge in [0.25, 0.3) is 0 Å². The lowest BCUT2D eigenvalue weighted by molar-refractivity contribution is -0.148. The van der Waals surface area contributed by atoms with E-state index in [9.17, 15) is 4.79 Å². The Morgan fingerprint density at radius 2 is 2.08 bits per heavy atom. The van der Waals surface area contributed by atoms with Gasteiger partial charge in [-0.2, -0.15) is 0 Å². The van der Waals surface area contributed by atoms with Crippen LogP contribution in [0, 0.1) is 5.92 Å². The molecule has 0 aliphatic heterocycles. The molecule has 72 valence electrons. The number of ether oxygens (including phenoxy) is 2. The van der Waals surface area contributed by atoms with E-state index in [4.69, 9.17) is 9.47 Å². The van der Waals surface area contributed by atoms with Crippen molar-refractivity contribution in [2.75, 3.05) is 20.3 Å². The Labute approximate surface area is 74.0 Å². The first-order valence-electron chi connectivity index (χ1n) is 4.38. The average molecular weight is 174 g/mol. The predicted molar refractivity (Wildman–Crippen MR) is 46.9 cm³/mol. The molecule has 0 aromatic carbocycles. The van der Waals surface area contributed by atoms with E-state index in [0.29, 0.717) is 13.2 Å². The van der Waals surface area contributed by atoms with Crippen LogP contribution in [0.4, 0.5) is 0 Å². The van der Waals surface area contributed by atoms with Crippen molar-refractivity contribution in [1.29, 1.82) is 0 Å². The fourth-order valence-corrected chi connectivity index (χ4v) is 0.685. The second-order valence-electron chi connectivity index (χ2n) is 2.82. The summed E-state index contributed by atoms with van der Waals surface area (Å²) in [6.07, 6.45) is 1.61. The van der Waals surface area contributed by atoms with E-state index in [1.807, 2.05) is 13.8 Å². The molecule has 0 saturated heterocycles. The minimum Gasteiger partial charge on any atom is -0.465 e. The van der Waals surface area contributed by atoms with Crippen molar-refractivity contribution in [2.24, 2.45) is 5.92 Å². The molecule has 0 aromatic heterocycles. The third-order valence-corrected chi connectivity index (χ3v) is 1.75. The molecule has 1 atom stereocenters. The molecular formula is C9H18O3. The van der Waals surface area contributed by atoms with Crippen LogP contribution in [0.3, 0.4) is 0 Å². The van der Waals surface area contributed by atoms with E-state index in [0.717, 1.165) is 12.8 Å². The normalized spacial score (nSPS) is 12.6. The molecule has 3 nitrogen and oxygen atoms in total. The standard InChI is InChI=1S/C9H18O3/c1-4-8(2)9(10)12-7-5-6-11-3/h8H,4-7H2,1-3H3. The van der Waals surface area contributed by atoms with E-state index in [1.165, 1.54) is 0 Å². The summed E-state index contributed by atoms with van der Waals surface area (Å²) in [6, 6.07) is 0. The van der Waals surface area contributed by atoms with E-state index in [-0.39, 0.29) is 11.9 Å². The second kappa shape index (κ2) is 7.10. The molecule has 0 amide bonds. The molecule has 12 heavy (non-hydrogen) atoms. The van der Waals surface area contributed by atoms with E-state index in [1.54, 1.807) is 7.11 Å². The maximum atomic E-state index is 11.1. The molecule has 0 fully saturated rings. The van der Waals surface area contributed by atoms with Crippen molar-refractivity contribution in [1.82, 2.24) is 0 Å². The first kappa shape index (κ1) is 11.4. The van der Waals surface area contributed by atoms with Gasteiger partial charge in [0.15, 0.2) is 0 Å². The molecule has 0 heterocycles. The van der Waals surface area contributed by atoms with Gasteiger partial charge < -0.3 is 9.47 Å². The average Bonchev–Trinajstić information content (AvgIpc) is 2.10. The molecule has 1 unspecified atom stereocenters. The quantitative estimate of drug-likeness (QED) is 0.453. The molecule has 0 saturated carbocycles. The summed E-state index contributed by atoms with van der Waals surface area (Å²) in [4.78, 5) is 11.1. The van der Waals surface area contributed by atoms with Gasteiger partial charge in [0.05, 0.1) is 12.5 Å². The highest BCUT2D eigenvalue weighted by Crippen LogP contribution is 2.03. The Morgan fingerprint density at radius 3 is 2.58 bits per heavy atom. The molecule has 0 aliphatic carbocycles. The molecule has 0 rings (SSSR count). The van der Waals surface area contributed by atoms with Crippen LogP contribution in [-0.4, -0.2) is 26.3 Å². The summed E-state index contributed by atoms with van der Waals surface area (Å²) < 4.78 is 9.80. The fourth-order valence-electron chi connectivity index (χ4n) is 0.685. The summed E-state index contributed by atoms with van der Waals surface area (Å²) in [5, 5.41) is 0. The van der Waals surface area contributed by atoms with Crippen LogP contribution in [0.5, 0.6) is 0 Å². The first-order valence-corrected chi connectivity index (χ1v) is 4.38. The Hall–Kier alpha value is -0.570. The van der Waals surface area contributed by atoms with Crippen molar-refractivity contribution in [3.8, 4) is 0 Å². The maximum Gasteiger partial charge on any atom is 0.308 e. The van der Waals surface area contributed by atoms with Crippen LogP contribution in [0.2, 0.25) is 0 Å². The van der Waals surface area contributed by atoms with Crippen molar-refractivity contribution in [3.63, 3.8) is 0 Å². The molecular weight excluding hydrogens is 156 g/mol. The molecule has 0 spiro atoms. The van der Waals surface area contributed by atoms with Crippen LogP contribution in [0.1, 0.15) is 26.7 Å². The maximum absolute atomic E-state index is 11.1. The molecule has 0 aromatic rings. The molecule has 3 heteroatoms. The van der Waals surface area contributed by atoms with Gasteiger partial charge in [-0.3, -0.25) is 4.79 Å². The number of hydrogen-bond acceptors (Lipinski definition) is 3.